The Labute approximate surface area is 169 Å². The first-order chi connectivity index (χ1) is 13.9. The Morgan fingerprint density at radius 2 is 1.79 bits per heavy atom. The highest BCUT2D eigenvalue weighted by Crippen LogP contribution is 2.18. The van der Waals surface area contributed by atoms with E-state index >= 15 is 0 Å². The van der Waals surface area contributed by atoms with Crippen molar-refractivity contribution < 1.29 is 9.59 Å². The number of nitrogens with two attached hydrogens (primary N) is 1. The number of hydrogen-bond acceptors (Lipinski definition) is 4. The molecular formula is C22H25N5O2. The number of carbonyl (C=O) groups is 2. The van der Waals surface area contributed by atoms with Gasteiger partial charge in [-0.05, 0) is 49.2 Å². The van der Waals surface area contributed by atoms with Crippen LogP contribution in [0.1, 0.15) is 35.3 Å². The van der Waals surface area contributed by atoms with Crippen molar-refractivity contribution in [3.63, 3.8) is 0 Å². The van der Waals surface area contributed by atoms with Crippen molar-refractivity contribution in [1.82, 2.24) is 15.1 Å². The lowest BCUT2D eigenvalue weighted by molar-refractivity contribution is -0.120. The van der Waals surface area contributed by atoms with Crippen LogP contribution in [0.3, 0.4) is 0 Å². The molecule has 150 valence electrons. The minimum absolute atomic E-state index is 0.0195. The zero-order valence-corrected chi connectivity index (χ0v) is 16.6. The van der Waals surface area contributed by atoms with Gasteiger partial charge in [-0.1, -0.05) is 24.3 Å². The third-order valence-electron chi connectivity index (χ3n) is 4.27. The minimum atomic E-state index is -0.216. The Kier molecular flexibility index (Phi) is 6.29. The summed E-state index contributed by atoms with van der Waals surface area (Å²) in [5.41, 5.74) is 9.38. The molecule has 0 bridgehead atoms. The second kappa shape index (κ2) is 9.05. The zero-order valence-electron chi connectivity index (χ0n) is 16.6. The summed E-state index contributed by atoms with van der Waals surface area (Å²) < 4.78 is 1.78. The van der Waals surface area contributed by atoms with Crippen LogP contribution in [0.15, 0.2) is 60.9 Å². The Morgan fingerprint density at radius 1 is 1.07 bits per heavy atom. The monoisotopic (exact) mass is 391 g/mol. The summed E-state index contributed by atoms with van der Waals surface area (Å²) >= 11 is 0. The van der Waals surface area contributed by atoms with E-state index in [2.05, 4.69) is 15.7 Å². The maximum absolute atomic E-state index is 12.4. The van der Waals surface area contributed by atoms with Crippen LogP contribution in [0, 0.1) is 0 Å². The summed E-state index contributed by atoms with van der Waals surface area (Å²) in [4.78, 5) is 24.2. The lowest BCUT2D eigenvalue weighted by Gasteiger charge is -2.08. The molecule has 1 heterocycles. The van der Waals surface area contributed by atoms with Gasteiger partial charge in [-0.25, -0.2) is 0 Å². The molecule has 0 radical (unpaired) electrons. The first-order valence-electron chi connectivity index (χ1n) is 9.46. The predicted molar refractivity (Wildman–Crippen MR) is 114 cm³/mol. The molecule has 0 aliphatic heterocycles. The Hall–Kier alpha value is -3.61. The number of anilines is 2. The fourth-order valence-electron chi connectivity index (χ4n) is 2.90. The van der Waals surface area contributed by atoms with Crippen molar-refractivity contribution >= 4 is 23.2 Å². The summed E-state index contributed by atoms with van der Waals surface area (Å²) in [6.45, 7) is 4.42. The van der Waals surface area contributed by atoms with E-state index in [9.17, 15) is 9.59 Å². The van der Waals surface area contributed by atoms with Gasteiger partial charge in [0.1, 0.15) is 0 Å². The van der Waals surface area contributed by atoms with Crippen LogP contribution in [0.2, 0.25) is 0 Å². The van der Waals surface area contributed by atoms with E-state index in [1.807, 2.05) is 44.3 Å². The second-order valence-corrected chi connectivity index (χ2v) is 7.18. The first kappa shape index (κ1) is 20.1. The van der Waals surface area contributed by atoms with Gasteiger partial charge in [0.05, 0.1) is 30.5 Å². The van der Waals surface area contributed by atoms with Crippen LogP contribution in [-0.4, -0.2) is 27.6 Å². The molecule has 0 aliphatic carbocycles. The van der Waals surface area contributed by atoms with Gasteiger partial charge >= 0.3 is 0 Å². The van der Waals surface area contributed by atoms with Gasteiger partial charge in [-0.2, -0.15) is 5.10 Å². The third kappa shape index (κ3) is 5.68. The van der Waals surface area contributed by atoms with Gasteiger partial charge in [0.15, 0.2) is 0 Å². The molecule has 0 saturated heterocycles. The largest absolute Gasteiger partial charge is 0.397 e. The highest BCUT2D eigenvalue weighted by Gasteiger charge is 2.09. The molecule has 7 heteroatoms. The normalized spacial score (nSPS) is 10.7. The molecular weight excluding hydrogens is 366 g/mol. The number of hydrogen-bond donors (Lipinski definition) is 3. The van der Waals surface area contributed by atoms with Crippen LogP contribution < -0.4 is 16.4 Å². The fourth-order valence-corrected chi connectivity index (χ4v) is 2.90. The van der Waals surface area contributed by atoms with Crippen molar-refractivity contribution in [2.45, 2.75) is 32.9 Å². The molecule has 3 rings (SSSR count). The van der Waals surface area contributed by atoms with Gasteiger partial charge in [-0.3, -0.25) is 14.3 Å². The summed E-state index contributed by atoms with van der Waals surface area (Å²) in [6, 6.07) is 14.6. The molecule has 0 atom stereocenters. The zero-order chi connectivity index (χ0) is 20.8. The maximum atomic E-state index is 12.4. The molecule has 3 aromatic rings. The summed E-state index contributed by atoms with van der Waals surface area (Å²) in [6.07, 6.45) is 3.87. The molecule has 2 aromatic carbocycles. The second-order valence-electron chi connectivity index (χ2n) is 7.18. The number of nitrogen functional groups attached to an aromatic ring is 1. The molecule has 0 unspecified atom stereocenters. The summed E-state index contributed by atoms with van der Waals surface area (Å²) in [5.74, 6) is -0.235. The van der Waals surface area contributed by atoms with Crippen LogP contribution >= 0.6 is 0 Å². The molecule has 1 aromatic heterocycles. The average Bonchev–Trinajstić information content (AvgIpc) is 3.10. The summed E-state index contributed by atoms with van der Waals surface area (Å²) in [7, 11) is 0. The number of rotatable bonds is 7. The van der Waals surface area contributed by atoms with E-state index in [-0.39, 0.29) is 17.9 Å². The van der Waals surface area contributed by atoms with Crippen LogP contribution in [0.4, 0.5) is 11.4 Å². The van der Waals surface area contributed by atoms with Crippen LogP contribution in [0.25, 0.3) is 0 Å². The van der Waals surface area contributed by atoms with Gasteiger partial charge in [0.2, 0.25) is 5.91 Å². The molecule has 2 amide bonds. The smallest absolute Gasteiger partial charge is 0.255 e. The number of benzene rings is 2. The highest BCUT2D eigenvalue weighted by atomic mass is 16.2. The first-order valence-corrected chi connectivity index (χ1v) is 9.46. The number of carbonyl (C=O) groups excluding carboxylic acids is 2. The average molecular weight is 391 g/mol. The fraction of sp³-hybridized carbons (Fsp3) is 0.227. The van der Waals surface area contributed by atoms with Gasteiger partial charge in [-0.15, -0.1) is 0 Å². The topological polar surface area (TPSA) is 102 Å². The van der Waals surface area contributed by atoms with Crippen molar-refractivity contribution in [3.05, 3.63) is 77.6 Å². The van der Waals surface area contributed by atoms with Gasteiger partial charge in [0, 0.05) is 17.8 Å². The number of nitrogens with one attached hydrogen (secondary N) is 2. The quantitative estimate of drug-likeness (QED) is 0.539. The SMILES string of the molecule is CC(C)NC(=O)Cc1cnn(Cc2ccc(C(=O)Nc3ccccc3N)cc2)c1. The Morgan fingerprint density at radius 3 is 2.48 bits per heavy atom. The van der Waals surface area contributed by atoms with E-state index < -0.39 is 0 Å². The van der Waals surface area contributed by atoms with Crippen LogP contribution in [0.5, 0.6) is 0 Å². The number of amides is 2. The minimum Gasteiger partial charge on any atom is -0.397 e. The molecule has 0 fully saturated rings. The van der Waals surface area contributed by atoms with Gasteiger partial charge in [0.25, 0.3) is 5.91 Å². The van der Waals surface area contributed by atoms with Crippen molar-refractivity contribution in [1.29, 1.82) is 0 Å². The maximum Gasteiger partial charge on any atom is 0.255 e. The highest BCUT2D eigenvalue weighted by molar-refractivity contribution is 6.05. The Balaban J connectivity index is 1.59. The van der Waals surface area contributed by atoms with Crippen molar-refractivity contribution in [3.8, 4) is 0 Å². The van der Waals surface area contributed by atoms with E-state index in [0.717, 1.165) is 11.1 Å². The predicted octanol–water partition coefficient (Wildman–Crippen LogP) is 2.83. The van der Waals surface area contributed by atoms with E-state index in [1.54, 1.807) is 35.1 Å². The van der Waals surface area contributed by atoms with E-state index in [4.69, 9.17) is 5.73 Å². The molecule has 29 heavy (non-hydrogen) atoms. The Bertz CT molecular complexity index is 992. The van der Waals surface area contributed by atoms with Crippen molar-refractivity contribution in [2.75, 3.05) is 11.1 Å². The van der Waals surface area contributed by atoms with Gasteiger partial charge < -0.3 is 16.4 Å². The van der Waals surface area contributed by atoms with Crippen molar-refractivity contribution in [2.24, 2.45) is 0 Å². The number of nitrogens with zero attached hydrogens (tertiary/aromatic N) is 2. The standard InChI is InChI=1S/C22H25N5O2/c1-15(2)25-21(28)11-17-12-24-27(14-17)13-16-7-9-18(10-8-16)22(29)26-20-6-4-3-5-19(20)23/h3-10,12,14-15H,11,13,23H2,1-2H3,(H,25,28)(H,26,29). The molecule has 0 spiro atoms. The lowest BCUT2D eigenvalue weighted by atomic mass is 10.1. The van der Waals surface area contributed by atoms with E-state index in [0.29, 0.717) is 29.9 Å². The third-order valence-corrected chi connectivity index (χ3v) is 4.27. The molecule has 0 saturated carbocycles. The number of para-hydroxylation sites is 2. The molecule has 4 N–H and O–H groups in total. The molecule has 0 aliphatic rings. The molecule has 7 nitrogen and oxygen atoms in total. The summed E-state index contributed by atoms with van der Waals surface area (Å²) in [5, 5.41) is 9.99. The number of aromatic nitrogens is 2. The van der Waals surface area contributed by atoms with E-state index in [1.165, 1.54) is 0 Å². The lowest BCUT2D eigenvalue weighted by Crippen LogP contribution is -2.31. The van der Waals surface area contributed by atoms with Crippen LogP contribution in [-0.2, 0) is 17.8 Å².